The minimum atomic E-state index is -0.575. The number of rotatable bonds is 54. The Labute approximate surface area is 458 Å². The van der Waals surface area contributed by atoms with Gasteiger partial charge in [0.1, 0.15) is 25.9 Å². The second-order valence-corrected chi connectivity index (χ2v) is 21.5. The summed E-state index contributed by atoms with van der Waals surface area (Å²) in [4.78, 5) is 67.0. The molecular weight excluding hydrogens is 953 g/mol. The van der Waals surface area contributed by atoms with E-state index in [0.29, 0.717) is 64.4 Å². The van der Waals surface area contributed by atoms with E-state index in [0.717, 1.165) is 122 Å². The second kappa shape index (κ2) is 51.8. The standard InChI is InChI=1S/C61H114N2O12/c1-6-11-16-19-23-32-47-70-60(71-48-33-24-20-17-12-7-2)41-40-58(66)74-52-54(50-72-56(64)37-28-22-21-25-31-46-69-59(67)49-53(34-15-10-5)35-26-14-9-4)51-73-57(65)39-38-55(36-27-18-13-8-3)75-61(68)62-42-45-63-43-29-30-44-63/h53-55,60H,6-52H2,1-5H3,(H,62,68). The molecule has 0 bridgehead atoms. The summed E-state index contributed by atoms with van der Waals surface area (Å²) in [7, 11) is 0. The third kappa shape index (κ3) is 44.7. The molecule has 440 valence electrons. The van der Waals surface area contributed by atoms with Gasteiger partial charge in [0.25, 0.3) is 0 Å². The number of unbranched alkanes of at least 4 members (excludes halogenated alkanes) is 20. The first-order valence-corrected chi connectivity index (χ1v) is 31.2. The molecule has 75 heavy (non-hydrogen) atoms. The Morgan fingerprint density at radius 1 is 0.427 bits per heavy atom. The van der Waals surface area contributed by atoms with Gasteiger partial charge in [-0.05, 0) is 89.6 Å². The van der Waals surface area contributed by atoms with E-state index in [1.54, 1.807) is 0 Å². The lowest BCUT2D eigenvalue weighted by atomic mass is 9.92. The van der Waals surface area contributed by atoms with E-state index in [2.05, 4.69) is 44.8 Å². The molecule has 1 aliphatic rings. The number of carbonyl (C=O) groups is 5. The van der Waals surface area contributed by atoms with Crippen molar-refractivity contribution in [3.63, 3.8) is 0 Å². The second-order valence-electron chi connectivity index (χ2n) is 21.5. The summed E-state index contributed by atoms with van der Waals surface area (Å²) in [6.45, 7) is 15.7. The maximum Gasteiger partial charge on any atom is 0.407 e. The predicted octanol–water partition coefficient (Wildman–Crippen LogP) is 14.7. The SMILES string of the molecule is CCCCCCCCOC(CCC(=O)OCC(COC(=O)CCCCCCCOC(=O)CC(CCCC)CCCCC)COC(=O)CCC(CCCCCC)OC(=O)NCCN1CCCC1)OCCCCCCCC. The Balaban J connectivity index is 2.76. The largest absolute Gasteiger partial charge is 0.466 e. The van der Waals surface area contributed by atoms with Gasteiger partial charge in [-0.25, -0.2) is 4.79 Å². The minimum Gasteiger partial charge on any atom is -0.466 e. The zero-order chi connectivity index (χ0) is 54.7. The number of carbonyl (C=O) groups excluding carboxylic acids is 5. The Hall–Kier alpha value is -2.97. The fourth-order valence-corrected chi connectivity index (χ4v) is 9.40. The third-order valence-corrected chi connectivity index (χ3v) is 14.3. The highest BCUT2D eigenvalue weighted by Gasteiger charge is 2.22. The maximum atomic E-state index is 13.2. The van der Waals surface area contributed by atoms with Gasteiger partial charge in [0.2, 0.25) is 0 Å². The summed E-state index contributed by atoms with van der Waals surface area (Å²) >= 11 is 0. The van der Waals surface area contributed by atoms with Gasteiger partial charge in [-0.2, -0.15) is 0 Å². The van der Waals surface area contributed by atoms with Gasteiger partial charge in [-0.15, -0.1) is 0 Å². The van der Waals surface area contributed by atoms with Gasteiger partial charge >= 0.3 is 30.0 Å². The highest BCUT2D eigenvalue weighted by Crippen LogP contribution is 2.22. The lowest BCUT2D eigenvalue weighted by Crippen LogP contribution is -2.35. The van der Waals surface area contributed by atoms with Gasteiger partial charge in [0, 0.05) is 52.0 Å². The zero-order valence-electron chi connectivity index (χ0n) is 48.9. The Kier molecular flexibility index (Phi) is 48.3. The number of nitrogens with one attached hydrogen (secondary N) is 1. The third-order valence-electron chi connectivity index (χ3n) is 14.3. The number of hydrogen-bond donors (Lipinski definition) is 1. The molecule has 0 spiro atoms. The van der Waals surface area contributed by atoms with Crippen LogP contribution in [0.25, 0.3) is 0 Å². The first-order valence-electron chi connectivity index (χ1n) is 31.2. The number of amides is 1. The van der Waals surface area contributed by atoms with E-state index >= 15 is 0 Å². The van der Waals surface area contributed by atoms with E-state index in [4.69, 9.17) is 33.2 Å². The number of ether oxygens (including phenoxy) is 7. The van der Waals surface area contributed by atoms with Crippen molar-refractivity contribution in [2.75, 3.05) is 65.8 Å². The molecule has 0 aliphatic carbocycles. The van der Waals surface area contributed by atoms with Crippen molar-refractivity contribution in [3.8, 4) is 0 Å². The van der Waals surface area contributed by atoms with Crippen LogP contribution in [0.2, 0.25) is 0 Å². The summed E-state index contributed by atoms with van der Waals surface area (Å²) in [6.07, 6.45) is 33.3. The quantitative estimate of drug-likeness (QED) is 0.0265. The van der Waals surface area contributed by atoms with Crippen LogP contribution in [-0.2, 0) is 52.3 Å². The highest BCUT2D eigenvalue weighted by atomic mass is 16.7. The molecular formula is C61H114N2O12. The van der Waals surface area contributed by atoms with E-state index in [9.17, 15) is 24.0 Å². The molecule has 14 heteroatoms. The summed E-state index contributed by atoms with van der Waals surface area (Å²) in [5.41, 5.74) is 0. The van der Waals surface area contributed by atoms with Crippen LogP contribution in [0.5, 0.6) is 0 Å². The van der Waals surface area contributed by atoms with Crippen molar-refractivity contribution in [2.24, 2.45) is 11.8 Å². The fraction of sp³-hybridized carbons (Fsp3) is 0.918. The van der Waals surface area contributed by atoms with Crippen LogP contribution in [0.15, 0.2) is 0 Å². The van der Waals surface area contributed by atoms with Crippen LogP contribution in [-0.4, -0.2) is 113 Å². The molecule has 0 aromatic rings. The molecule has 1 heterocycles. The summed E-state index contributed by atoms with van der Waals surface area (Å²) in [5.74, 6) is -1.50. The molecule has 3 unspecified atom stereocenters. The summed E-state index contributed by atoms with van der Waals surface area (Å²) in [6, 6.07) is 0. The van der Waals surface area contributed by atoms with Crippen molar-refractivity contribution in [2.45, 2.75) is 285 Å². The normalized spacial score (nSPS) is 13.9. The van der Waals surface area contributed by atoms with Crippen molar-refractivity contribution in [3.05, 3.63) is 0 Å². The predicted molar refractivity (Wildman–Crippen MR) is 300 cm³/mol. The van der Waals surface area contributed by atoms with Crippen molar-refractivity contribution in [1.29, 1.82) is 0 Å². The first-order chi connectivity index (χ1) is 36.6. The monoisotopic (exact) mass is 1070 g/mol. The number of hydrogen-bond acceptors (Lipinski definition) is 13. The van der Waals surface area contributed by atoms with Crippen LogP contribution < -0.4 is 5.32 Å². The molecule has 0 saturated carbocycles. The molecule has 3 atom stereocenters. The Bertz CT molecular complexity index is 1350. The molecule has 0 radical (unpaired) electrons. The maximum absolute atomic E-state index is 13.2. The number of alkyl carbamates (subject to hydrolysis) is 1. The average Bonchev–Trinajstić information content (AvgIpc) is 3.93. The van der Waals surface area contributed by atoms with Crippen LogP contribution in [0.1, 0.15) is 272 Å². The van der Waals surface area contributed by atoms with Crippen LogP contribution >= 0.6 is 0 Å². The Morgan fingerprint density at radius 3 is 1.45 bits per heavy atom. The molecule has 0 aromatic carbocycles. The van der Waals surface area contributed by atoms with Gasteiger partial charge in [-0.3, -0.25) is 19.2 Å². The molecule has 1 N–H and O–H groups in total. The number of nitrogens with zero attached hydrogens (tertiary/aromatic N) is 1. The van der Waals surface area contributed by atoms with Crippen LogP contribution in [0.3, 0.4) is 0 Å². The molecule has 0 aromatic heterocycles. The van der Waals surface area contributed by atoms with Gasteiger partial charge in [0.15, 0.2) is 6.29 Å². The summed E-state index contributed by atoms with van der Waals surface area (Å²) in [5, 5.41) is 2.88. The molecule has 1 aliphatic heterocycles. The van der Waals surface area contributed by atoms with E-state index in [1.165, 1.54) is 83.5 Å². The van der Waals surface area contributed by atoms with Crippen molar-refractivity contribution < 1.29 is 57.1 Å². The lowest BCUT2D eigenvalue weighted by Gasteiger charge is -2.21. The average molecular weight is 1070 g/mol. The van der Waals surface area contributed by atoms with Crippen molar-refractivity contribution >= 4 is 30.0 Å². The van der Waals surface area contributed by atoms with Gasteiger partial charge < -0.3 is 43.4 Å². The van der Waals surface area contributed by atoms with Crippen LogP contribution in [0, 0.1) is 11.8 Å². The van der Waals surface area contributed by atoms with Gasteiger partial charge in [0.05, 0.1) is 18.9 Å². The Morgan fingerprint density at radius 2 is 0.880 bits per heavy atom. The first kappa shape index (κ1) is 70.0. The number of likely N-dealkylation sites (tertiary alicyclic amines) is 1. The smallest absolute Gasteiger partial charge is 0.407 e. The topological polar surface area (TPSA) is 165 Å². The van der Waals surface area contributed by atoms with E-state index in [1.807, 2.05) is 0 Å². The molecule has 1 amide bonds. The molecule has 1 fully saturated rings. The molecule has 14 nitrogen and oxygen atoms in total. The fourth-order valence-electron chi connectivity index (χ4n) is 9.40. The van der Waals surface area contributed by atoms with Crippen LogP contribution in [0.4, 0.5) is 4.79 Å². The van der Waals surface area contributed by atoms with E-state index < -0.39 is 36.3 Å². The summed E-state index contributed by atoms with van der Waals surface area (Å²) < 4.78 is 40.8. The molecule has 1 rings (SSSR count). The minimum absolute atomic E-state index is 0.0474. The zero-order valence-corrected chi connectivity index (χ0v) is 48.9. The molecule has 1 saturated heterocycles. The van der Waals surface area contributed by atoms with Crippen molar-refractivity contribution in [1.82, 2.24) is 10.2 Å². The van der Waals surface area contributed by atoms with E-state index in [-0.39, 0.29) is 51.0 Å². The van der Waals surface area contributed by atoms with Gasteiger partial charge in [-0.1, -0.05) is 169 Å². The highest BCUT2D eigenvalue weighted by molar-refractivity contribution is 5.71. The number of esters is 4. The lowest BCUT2D eigenvalue weighted by molar-refractivity contribution is -0.162.